The average molecular weight is 494 g/mol. The van der Waals surface area contributed by atoms with E-state index in [4.69, 9.17) is 5.73 Å². The van der Waals surface area contributed by atoms with Crippen LogP contribution in [0.15, 0.2) is 28.9 Å². The Morgan fingerprint density at radius 3 is 2.93 bits per heavy atom. The van der Waals surface area contributed by atoms with Gasteiger partial charge in [-0.2, -0.15) is 4.98 Å². The number of carbonyl (C=O) groups excluding carboxylic acids is 1. The van der Waals surface area contributed by atoms with Crippen LogP contribution in [0.2, 0.25) is 0 Å². The van der Waals surface area contributed by atoms with Crippen molar-refractivity contribution in [3.8, 4) is 0 Å². The number of nitrogens with one attached hydrogen (secondary N) is 3. The van der Waals surface area contributed by atoms with E-state index in [-0.39, 0.29) is 11.9 Å². The molecule has 4 rings (SSSR count). The van der Waals surface area contributed by atoms with E-state index in [0.29, 0.717) is 46.3 Å². The topological polar surface area (TPSA) is 131 Å². The Hall–Kier alpha value is -1.92. The first-order valence-corrected chi connectivity index (χ1v) is 11.9. The zero-order valence-corrected chi connectivity index (χ0v) is 18.8. The lowest BCUT2D eigenvalue weighted by Gasteiger charge is -2.32. The number of hydrogen-bond donors (Lipinski definition) is 4. The second kappa shape index (κ2) is 9.48. The summed E-state index contributed by atoms with van der Waals surface area (Å²) < 4.78 is 14.8. The van der Waals surface area contributed by atoms with E-state index < -0.39 is 11.4 Å². The van der Waals surface area contributed by atoms with Crippen LogP contribution in [0.4, 0.5) is 17.5 Å². The number of nitrogens with two attached hydrogens (primary N) is 1. The Kier molecular flexibility index (Phi) is 6.74. The highest BCUT2D eigenvalue weighted by molar-refractivity contribution is 9.10. The Morgan fingerprint density at radius 1 is 1.37 bits per heavy atom. The molecule has 1 amide bonds. The molecule has 0 radical (unpaired) electrons. The summed E-state index contributed by atoms with van der Waals surface area (Å²) in [5, 5.41) is 9.47. The SMILES string of the molecule is NCC[S+]([O-])N1CCC(Nc2ncc(Br)c(Nc3cccc4c3C(=O)NC4)n2)CC1. The molecule has 1 atom stereocenters. The van der Waals surface area contributed by atoms with Crippen molar-refractivity contribution in [2.45, 2.75) is 25.4 Å². The van der Waals surface area contributed by atoms with E-state index in [0.717, 1.165) is 31.5 Å². The third-order valence-electron chi connectivity index (χ3n) is 5.18. The van der Waals surface area contributed by atoms with Crippen molar-refractivity contribution < 1.29 is 9.35 Å². The number of amides is 1. The van der Waals surface area contributed by atoms with Crippen LogP contribution in [-0.2, 0) is 17.9 Å². The van der Waals surface area contributed by atoms with E-state index in [1.165, 1.54) is 0 Å². The van der Waals surface area contributed by atoms with Gasteiger partial charge in [-0.15, -0.1) is 4.31 Å². The summed E-state index contributed by atoms with van der Waals surface area (Å²) in [6.07, 6.45) is 3.39. The van der Waals surface area contributed by atoms with Gasteiger partial charge in [-0.3, -0.25) is 4.79 Å². The van der Waals surface area contributed by atoms with Crippen LogP contribution in [0.1, 0.15) is 28.8 Å². The monoisotopic (exact) mass is 493 g/mol. The molecule has 0 saturated carbocycles. The fraction of sp³-hybridized carbons (Fsp3) is 0.421. The van der Waals surface area contributed by atoms with Crippen molar-refractivity contribution in [3.63, 3.8) is 0 Å². The Balaban J connectivity index is 1.43. The van der Waals surface area contributed by atoms with Crippen molar-refractivity contribution >= 4 is 50.7 Å². The summed E-state index contributed by atoms with van der Waals surface area (Å²) in [5.41, 5.74) is 7.83. The number of aromatic nitrogens is 2. The van der Waals surface area contributed by atoms with Gasteiger partial charge in [0, 0.05) is 49.8 Å². The molecule has 1 fully saturated rings. The fourth-order valence-corrected chi connectivity index (χ4v) is 5.02. The minimum absolute atomic E-state index is 0.0876. The van der Waals surface area contributed by atoms with Crippen LogP contribution in [-0.4, -0.2) is 56.2 Å². The zero-order valence-electron chi connectivity index (χ0n) is 16.4. The molecule has 2 aromatic rings. The maximum absolute atomic E-state index is 12.2. The fourth-order valence-electron chi connectivity index (χ4n) is 3.65. The number of piperidine rings is 1. The predicted molar refractivity (Wildman–Crippen MR) is 121 cm³/mol. The van der Waals surface area contributed by atoms with E-state index in [1.807, 2.05) is 22.5 Å². The largest absolute Gasteiger partial charge is 0.598 e. The Morgan fingerprint density at radius 2 is 2.17 bits per heavy atom. The van der Waals surface area contributed by atoms with Gasteiger partial charge in [-0.05, 0) is 40.4 Å². The first-order valence-electron chi connectivity index (χ1n) is 9.85. The van der Waals surface area contributed by atoms with Gasteiger partial charge in [-0.25, -0.2) is 4.98 Å². The van der Waals surface area contributed by atoms with Crippen LogP contribution >= 0.6 is 15.9 Å². The zero-order chi connectivity index (χ0) is 21.1. The molecule has 160 valence electrons. The van der Waals surface area contributed by atoms with Gasteiger partial charge in [0.25, 0.3) is 5.91 Å². The summed E-state index contributed by atoms with van der Waals surface area (Å²) in [7, 11) is 0. The summed E-state index contributed by atoms with van der Waals surface area (Å²) in [4.78, 5) is 21.1. The minimum atomic E-state index is -1.000. The molecule has 2 aliphatic rings. The number of anilines is 3. The molecule has 11 heteroatoms. The molecule has 5 N–H and O–H groups in total. The summed E-state index contributed by atoms with van der Waals surface area (Å²) >= 11 is 2.48. The number of nitrogens with zero attached hydrogens (tertiary/aromatic N) is 3. The highest BCUT2D eigenvalue weighted by Gasteiger charge is 2.27. The average Bonchev–Trinajstić information content (AvgIpc) is 3.13. The molecular formula is C19H24BrN7O2S. The third-order valence-corrected chi connectivity index (χ3v) is 7.29. The maximum atomic E-state index is 12.2. The van der Waals surface area contributed by atoms with Crippen LogP contribution in [0.5, 0.6) is 0 Å². The molecular weight excluding hydrogens is 470 g/mol. The standard InChI is InChI=1S/C19H24BrN7O2S/c20-14-11-23-19(24-13-4-7-27(8-5-13)30(29)9-6-21)26-17(14)25-15-3-1-2-12-10-22-18(28)16(12)15/h1-3,11,13H,4-10,21H2,(H,22,28)(H2,23,24,25,26). The van der Waals surface area contributed by atoms with Crippen molar-refractivity contribution in [2.75, 3.05) is 36.0 Å². The third kappa shape index (κ3) is 4.70. The van der Waals surface area contributed by atoms with E-state index in [9.17, 15) is 9.35 Å². The quantitative estimate of drug-likeness (QED) is 0.428. The summed E-state index contributed by atoms with van der Waals surface area (Å²) in [5.74, 6) is 1.52. The molecule has 1 saturated heterocycles. The van der Waals surface area contributed by atoms with Crippen LogP contribution in [0.25, 0.3) is 0 Å². The molecule has 0 bridgehead atoms. The van der Waals surface area contributed by atoms with Gasteiger partial charge in [-0.1, -0.05) is 12.1 Å². The number of benzene rings is 1. The molecule has 3 heterocycles. The lowest BCUT2D eigenvalue weighted by molar-refractivity contribution is 0.0966. The molecule has 1 aromatic carbocycles. The van der Waals surface area contributed by atoms with Gasteiger partial charge >= 0.3 is 0 Å². The molecule has 0 spiro atoms. The van der Waals surface area contributed by atoms with Crippen molar-refractivity contribution in [1.82, 2.24) is 19.6 Å². The van der Waals surface area contributed by atoms with Crippen LogP contribution in [0, 0.1) is 0 Å². The van der Waals surface area contributed by atoms with Gasteiger partial charge < -0.3 is 26.2 Å². The minimum Gasteiger partial charge on any atom is -0.598 e. The molecule has 0 aliphatic carbocycles. The van der Waals surface area contributed by atoms with E-state index >= 15 is 0 Å². The second-order valence-corrected chi connectivity index (χ2v) is 9.62. The second-order valence-electron chi connectivity index (χ2n) is 7.20. The molecule has 2 aliphatic heterocycles. The van der Waals surface area contributed by atoms with E-state index in [1.54, 1.807) is 6.20 Å². The number of halogens is 1. The smallest absolute Gasteiger partial charge is 0.254 e. The predicted octanol–water partition coefficient (Wildman–Crippen LogP) is 1.72. The number of fused-ring (bicyclic) bond motifs is 1. The normalized spacial score (nSPS) is 18.0. The van der Waals surface area contributed by atoms with Crippen LogP contribution in [0.3, 0.4) is 0 Å². The van der Waals surface area contributed by atoms with Gasteiger partial charge in [0.05, 0.1) is 15.7 Å². The summed E-state index contributed by atoms with van der Waals surface area (Å²) in [6, 6.07) is 5.92. The molecule has 30 heavy (non-hydrogen) atoms. The Bertz CT molecular complexity index is 924. The molecule has 1 aromatic heterocycles. The van der Waals surface area contributed by atoms with Crippen LogP contribution < -0.4 is 21.7 Å². The Labute approximate surface area is 186 Å². The van der Waals surface area contributed by atoms with E-state index in [2.05, 4.69) is 41.8 Å². The first-order chi connectivity index (χ1) is 14.5. The number of hydrogen-bond acceptors (Lipinski definition) is 8. The van der Waals surface area contributed by atoms with Crippen molar-refractivity contribution in [3.05, 3.63) is 40.0 Å². The van der Waals surface area contributed by atoms with Crippen molar-refractivity contribution in [1.29, 1.82) is 0 Å². The summed E-state index contributed by atoms with van der Waals surface area (Å²) in [6.45, 7) is 2.46. The van der Waals surface area contributed by atoms with Gasteiger partial charge in [0.1, 0.15) is 11.6 Å². The number of carbonyl (C=O) groups is 1. The maximum Gasteiger partial charge on any atom is 0.254 e. The lowest BCUT2D eigenvalue weighted by Crippen LogP contribution is -2.44. The highest BCUT2D eigenvalue weighted by Crippen LogP contribution is 2.30. The first kappa shape index (κ1) is 21.3. The lowest BCUT2D eigenvalue weighted by atomic mass is 10.1. The molecule has 9 nitrogen and oxygen atoms in total. The van der Waals surface area contributed by atoms with Gasteiger partial charge in [0.15, 0.2) is 0 Å². The highest BCUT2D eigenvalue weighted by atomic mass is 79.9. The van der Waals surface area contributed by atoms with Gasteiger partial charge in [0.2, 0.25) is 5.95 Å². The number of rotatable bonds is 7. The molecule has 1 unspecified atom stereocenters. The van der Waals surface area contributed by atoms with Crippen molar-refractivity contribution in [2.24, 2.45) is 5.73 Å².